The number of amides is 1. The number of aromatic nitrogens is 1. The SMILES string of the molecule is O=C(c1cnc(N2CCCCC2)c2ccccc12)N1CCC(c2ccccc2)C1. The van der Waals surface area contributed by atoms with Crippen molar-refractivity contribution in [3.63, 3.8) is 0 Å². The Morgan fingerprint density at radius 1 is 0.862 bits per heavy atom. The second-order valence-corrected chi connectivity index (χ2v) is 8.24. The molecule has 0 aliphatic carbocycles. The van der Waals surface area contributed by atoms with Gasteiger partial charge >= 0.3 is 0 Å². The summed E-state index contributed by atoms with van der Waals surface area (Å²) >= 11 is 0. The molecule has 0 N–H and O–H groups in total. The molecule has 29 heavy (non-hydrogen) atoms. The number of benzene rings is 2. The standard InChI is InChI=1S/C25H27N3O/c29-25(28-16-13-20(18-28)19-9-3-1-4-10-19)23-17-26-24(27-14-7-2-8-15-27)22-12-6-5-11-21(22)23/h1,3-6,9-12,17,20H,2,7-8,13-16,18H2. The first kappa shape index (κ1) is 18.2. The molecule has 3 aromatic rings. The highest BCUT2D eigenvalue weighted by Crippen LogP contribution is 2.32. The monoisotopic (exact) mass is 385 g/mol. The quantitative estimate of drug-likeness (QED) is 0.646. The molecule has 148 valence electrons. The van der Waals surface area contributed by atoms with Gasteiger partial charge in [-0.1, -0.05) is 54.6 Å². The van der Waals surface area contributed by atoms with Crippen molar-refractivity contribution in [1.29, 1.82) is 0 Å². The zero-order chi connectivity index (χ0) is 19.6. The lowest BCUT2D eigenvalue weighted by Gasteiger charge is -2.29. The van der Waals surface area contributed by atoms with Crippen LogP contribution in [0.2, 0.25) is 0 Å². The highest BCUT2D eigenvalue weighted by molar-refractivity contribution is 6.09. The van der Waals surface area contributed by atoms with E-state index < -0.39 is 0 Å². The van der Waals surface area contributed by atoms with E-state index >= 15 is 0 Å². The molecule has 5 rings (SSSR count). The van der Waals surface area contributed by atoms with E-state index in [1.54, 1.807) is 0 Å². The van der Waals surface area contributed by atoms with E-state index in [0.29, 0.717) is 5.92 Å². The van der Waals surface area contributed by atoms with Crippen LogP contribution in [0, 0.1) is 0 Å². The van der Waals surface area contributed by atoms with Crippen molar-refractivity contribution < 1.29 is 4.79 Å². The molecule has 0 spiro atoms. The average molecular weight is 386 g/mol. The van der Waals surface area contributed by atoms with Crippen LogP contribution in [-0.4, -0.2) is 42.0 Å². The molecule has 2 aliphatic rings. The van der Waals surface area contributed by atoms with Gasteiger partial charge < -0.3 is 9.80 Å². The fraction of sp³-hybridized carbons (Fsp3) is 0.360. The van der Waals surface area contributed by atoms with E-state index in [9.17, 15) is 4.79 Å². The minimum atomic E-state index is 0.109. The summed E-state index contributed by atoms with van der Waals surface area (Å²) in [6.07, 6.45) is 6.55. The van der Waals surface area contributed by atoms with Crippen LogP contribution in [0.5, 0.6) is 0 Å². The van der Waals surface area contributed by atoms with Crippen LogP contribution in [-0.2, 0) is 0 Å². The van der Waals surface area contributed by atoms with Crippen LogP contribution >= 0.6 is 0 Å². The van der Waals surface area contributed by atoms with E-state index in [1.807, 2.05) is 29.3 Å². The van der Waals surface area contributed by atoms with E-state index in [4.69, 9.17) is 4.98 Å². The Morgan fingerprint density at radius 2 is 1.59 bits per heavy atom. The van der Waals surface area contributed by atoms with E-state index in [2.05, 4.69) is 41.3 Å². The first-order valence-corrected chi connectivity index (χ1v) is 10.8. The van der Waals surface area contributed by atoms with Gasteiger partial charge in [-0.3, -0.25) is 4.79 Å². The lowest BCUT2D eigenvalue weighted by Crippen LogP contribution is -2.31. The third-order valence-electron chi connectivity index (χ3n) is 6.41. The number of nitrogens with zero attached hydrogens (tertiary/aromatic N) is 3. The first-order chi connectivity index (χ1) is 14.3. The minimum absolute atomic E-state index is 0.109. The molecule has 2 aliphatic heterocycles. The molecule has 4 nitrogen and oxygen atoms in total. The molecule has 3 heterocycles. The van der Waals surface area contributed by atoms with Crippen molar-refractivity contribution in [2.24, 2.45) is 0 Å². The number of likely N-dealkylation sites (tertiary alicyclic amines) is 1. The molecular weight excluding hydrogens is 358 g/mol. The Labute approximate surface area is 172 Å². The maximum absolute atomic E-state index is 13.4. The van der Waals surface area contributed by atoms with Gasteiger partial charge in [-0.05, 0) is 36.6 Å². The number of carbonyl (C=O) groups excluding carboxylic acids is 1. The van der Waals surface area contributed by atoms with Crippen LogP contribution in [0.1, 0.15) is 47.5 Å². The topological polar surface area (TPSA) is 36.4 Å². The number of hydrogen-bond donors (Lipinski definition) is 0. The summed E-state index contributed by atoms with van der Waals surface area (Å²) in [5.74, 6) is 1.56. The molecular formula is C25H27N3O. The van der Waals surface area contributed by atoms with Crippen molar-refractivity contribution in [3.8, 4) is 0 Å². The highest BCUT2D eigenvalue weighted by Gasteiger charge is 2.29. The molecule has 0 saturated carbocycles. The third kappa shape index (κ3) is 3.48. The van der Waals surface area contributed by atoms with Gasteiger partial charge in [0.2, 0.25) is 0 Å². The molecule has 4 heteroatoms. The second-order valence-electron chi connectivity index (χ2n) is 8.24. The molecule has 2 fully saturated rings. The molecule has 0 bridgehead atoms. The van der Waals surface area contributed by atoms with Crippen LogP contribution in [0.25, 0.3) is 10.8 Å². The molecule has 1 atom stereocenters. The van der Waals surface area contributed by atoms with Crippen molar-refractivity contribution in [2.75, 3.05) is 31.1 Å². The number of piperidine rings is 1. The fourth-order valence-corrected chi connectivity index (χ4v) is 4.82. The Kier molecular flexibility index (Phi) is 4.92. The first-order valence-electron chi connectivity index (χ1n) is 10.8. The zero-order valence-electron chi connectivity index (χ0n) is 16.8. The molecule has 0 radical (unpaired) electrons. The van der Waals surface area contributed by atoms with Gasteiger partial charge in [0.1, 0.15) is 5.82 Å². The van der Waals surface area contributed by atoms with E-state index in [0.717, 1.165) is 54.8 Å². The number of anilines is 1. The van der Waals surface area contributed by atoms with E-state index in [-0.39, 0.29) is 5.91 Å². The lowest BCUT2D eigenvalue weighted by molar-refractivity contribution is 0.0792. The summed E-state index contributed by atoms with van der Waals surface area (Å²) < 4.78 is 0. The smallest absolute Gasteiger partial charge is 0.256 e. The number of carbonyl (C=O) groups is 1. The van der Waals surface area contributed by atoms with Gasteiger partial charge in [-0.2, -0.15) is 0 Å². The Balaban J connectivity index is 1.44. The van der Waals surface area contributed by atoms with Gasteiger partial charge in [0.05, 0.1) is 5.56 Å². The van der Waals surface area contributed by atoms with Gasteiger partial charge in [0, 0.05) is 43.7 Å². The van der Waals surface area contributed by atoms with Crippen molar-refractivity contribution in [3.05, 3.63) is 71.9 Å². The number of pyridine rings is 1. The van der Waals surface area contributed by atoms with Crippen molar-refractivity contribution in [2.45, 2.75) is 31.6 Å². The predicted molar refractivity (Wildman–Crippen MR) is 118 cm³/mol. The summed E-state index contributed by atoms with van der Waals surface area (Å²) in [5.41, 5.74) is 2.06. The fourth-order valence-electron chi connectivity index (χ4n) is 4.82. The zero-order valence-corrected chi connectivity index (χ0v) is 16.8. The Morgan fingerprint density at radius 3 is 2.38 bits per heavy atom. The van der Waals surface area contributed by atoms with Gasteiger partial charge in [0.15, 0.2) is 0 Å². The second kappa shape index (κ2) is 7.86. The highest BCUT2D eigenvalue weighted by atomic mass is 16.2. The van der Waals surface area contributed by atoms with Crippen LogP contribution in [0.4, 0.5) is 5.82 Å². The molecule has 1 aromatic heterocycles. The summed E-state index contributed by atoms with van der Waals surface area (Å²) in [7, 11) is 0. The Hall–Kier alpha value is -2.88. The lowest BCUT2D eigenvalue weighted by atomic mass is 9.99. The summed E-state index contributed by atoms with van der Waals surface area (Å²) in [6, 6.07) is 18.8. The summed E-state index contributed by atoms with van der Waals surface area (Å²) in [4.78, 5) is 22.6. The van der Waals surface area contributed by atoms with Gasteiger partial charge in [0.25, 0.3) is 5.91 Å². The number of rotatable bonds is 3. The van der Waals surface area contributed by atoms with Gasteiger partial charge in [-0.25, -0.2) is 4.98 Å². The Bertz CT molecular complexity index is 1010. The minimum Gasteiger partial charge on any atom is -0.356 e. The van der Waals surface area contributed by atoms with Crippen LogP contribution in [0.15, 0.2) is 60.8 Å². The maximum Gasteiger partial charge on any atom is 0.256 e. The van der Waals surface area contributed by atoms with Crippen LogP contribution in [0.3, 0.4) is 0 Å². The summed E-state index contributed by atoms with van der Waals surface area (Å²) in [5, 5.41) is 2.12. The molecule has 2 saturated heterocycles. The van der Waals surface area contributed by atoms with E-state index in [1.165, 1.54) is 24.8 Å². The van der Waals surface area contributed by atoms with Crippen molar-refractivity contribution in [1.82, 2.24) is 9.88 Å². The van der Waals surface area contributed by atoms with Gasteiger partial charge in [-0.15, -0.1) is 0 Å². The largest absolute Gasteiger partial charge is 0.356 e. The summed E-state index contributed by atoms with van der Waals surface area (Å²) in [6.45, 7) is 3.69. The van der Waals surface area contributed by atoms with Crippen LogP contribution < -0.4 is 4.90 Å². The van der Waals surface area contributed by atoms with Crippen molar-refractivity contribution >= 4 is 22.5 Å². The predicted octanol–water partition coefficient (Wildman–Crippen LogP) is 4.85. The molecule has 1 amide bonds. The number of hydrogen-bond acceptors (Lipinski definition) is 3. The maximum atomic E-state index is 13.4. The average Bonchev–Trinajstić information content (AvgIpc) is 3.29. The third-order valence-corrected chi connectivity index (χ3v) is 6.41. The number of fused-ring (bicyclic) bond motifs is 1. The molecule has 1 unspecified atom stereocenters. The molecule has 2 aromatic carbocycles. The normalized spacial score (nSPS) is 19.7.